The molecular weight excluding hydrogens is 414 g/mol. The molecule has 1 atom stereocenters. The van der Waals surface area contributed by atoms with Gasteiger partial charge in [-0.15, -0.1) is 6.58 Å². The Labute approximate surface area is 197 Å². The van der Waals surface area contributed by atoms with E-state index < -0.39 is 6.10 Å². The van der Waals surface area contributed by atoms with Crippen molar-refractivity contribution in [2.45, 2.75) is 39.3 Å². The lowest BCUT2D eigenvalue weighted by atomic mass is 10.1. The fourth-order valence-corrected chi connectivity index (χ4v) is 3.78. The minimum atomic E-state index is -0.579. The number of hydrogen-bond acceptors (Lipinski definition) is 5. The molecule has 6 nitrogen and oxygen atoms in total. The summed E-state index contributed by atoms with van der Waals surface area (Å²) in [5, 5.41) is 15.4. The van der Waals surface area contributed by atoms with Crippen LogP contribution in [0, 0.1) is 0 Å². The van der Waals surface area contributed by atoms with Gasteiger partial charge in [0.05, 0.1) is 36.3 Å². The number of hydrogen-bond donors (Lipinski definition) is 1. The number of nitrogens with zero attached hydrogens (tertiary/aromatic N) is 3. The summed E-state index contributed by atoms with van der Waals surface area (Å²) in [5.74, 6) is 1.47. The van der Waals surface area contributed by atoms with Gasteiger partial charge < -0.3 is 14.6 Å². The molecule has 0 saturated carbocycles. The van der Waals surface area contributed by atoms with E-state index in [0.717, 1.165) is 42.1 Å². The third-order valence-electron chi connectivity index (χ3n) is 5.25. The highest BCUT2D eigenvalue weighted by Crippen LogP contribution is 2.32. The van der Waals surface area contributed by atoms with Crippen LogP contribution in [0.4, 0.5) is 0 Å². The summed E-state index contributed by atoms with van der Waals surface area (Å²) in [6, 6.07) is 19.8. The first kappa shape index (κ1) is 24.7. The van der Waals surface area contributed by atoms with Crippen LogP contribution in [0.2, 0.25) is 0 Å². The molecule has 176 valence electrons. The topological polar surface area (TPSA) is 59.8 Å². The highest BCUT2D eigenvalue weighted by Gasteiger charge is 2.23. The van der Waals surface area contributed by atoms with Gasteiger partial charge in [-0.25, -0.2) is 4.68 Å². The summed E-state index contributed by atoms with van der Waals surface area (Å²) < 4.78 is 13.7. The second-order valence-electron chi connectivity index (χ2n) is 7.96. The van der Waals surface area contributed by atoms with Gasteiger partial charge in [-0.3, -0.25) is 4.90 Å². The summed E-state index contributed by atoms with van der Waals surface area (Å²) in [5.41, 5.74) is 2.98. The highest BCUT2D eigenvalue weighted by molar-refractivity contribution is 5.43. The van der Waals surface area contributed by atoms with E-state index in [2.05, 4.69) is 25.3 Å². The van der Waals surface area contributed by atoms with Crippen LogP contribution in [-0.2, 0) is 17.7 Å². The molecule has 0 bridgehead atoms. The normalized spacial score (nSPS) is 12.1. The largest absolute Gasteiger partial charge is 0.439 e. The van der Waals surface area contributed by atoms with E-state index in [0.29, 0.717) is 25.6 Å². The van der Waals surface area contributed by atoms with Crippen LogP contribution in [-0.4, -0.2) is 52.2 Å². The molecular formula is C27H35N3O3. The number of aromatic nitrogens is 2. The maximum atomic E-state index is 10.5. The van der Waals surface area contributed by atoms with Crippen molar-refractivity contribution in [3.63, 3.8) is 0 Å². The van der Waals surface area contributed by atoms with Crippen LogP contribution in [0.1, 0.15) is 31.5 Å². The van der Waals surface area contributed by atoms with E-state index in [1.165, 1.54) is 0 Å². The number of benzene rings is 2. The van der Waals surface area contributed by atoms with Gasteiger partial charge in [0, 0.05) is 13.1 Å². The molecule has 1 N–H and O–H groups in total. The zero-order chi connectivity index (χ0) is 23.5. The maximum Gasteiger partial charge on any atom is 0.227 e. The zero-order valence-electron chi connectivity index (χ0n) is 19.7. The third-order valence-corrected chi connectivity index (χ3v) is 5.25. The average Bonchev–Trinajstić information content (AvgIpc) is 3.17. The van der Waals surface area contributed by atoms with Crippen LogP contribution in [0.25, 0.3) is 5.69 Å². The van der Waals surface area contributed by atoms with Gasteiger partial charge in [-0.2, -0.15) is 5.10 Å². The average molecular weight is 450 g/mol. The number of para-hydroxylation sites is 2. The second-order valence-corrected chi connectivity index (χ2v) is 7.96. The standard InChI is InChI=1S/C27H35N3O3/c1-4-17-29(19-23(31)21-32-18-5-2)20-25-26(6-3)28-30(22-13-9-7-10-14-22)27(25)33-24-15-11-8-12-16-24/h5,7-16,23,31H,2,4,6,17-21H2,1,3H3/t23-/m0/s1. The van der Waals surface area contributed by atoms with Crippen molar-refractivity contribution >= 4 is 0 Å². The summed E-state index contributed by atoms with van der Waals surface area (Å²) in [6.07, 6.45) is 2.87. The van der Waals surface area contributed by atoms with Crippen LogP contribution >= 0.6 is 0 Å². The molecule has 2 aromatic carbocycles. The Balaban J connectivity index is 1.94. The molecule has 0 aliphatic heterocycles. The molecule has 6 heteroatoms. The summed E-state index contributed by atoms with van der Waals surface area (Å²) >= 11 is 0. The molecule has 1 aromatic heterocycles. The van der Waals surface area contributed by atoms with Crippen molar-refractivity contribution < 1.29 is 14.6 Å². The number of aliphatic hydroxyl groups excluding tert-OH is 1. The maximum absolute atomic E-state index is 10.5. The van der Waals surface area contributed by atoms with Gasteiger partial charge in [0.25, 0.3) is 0 Å². The van der Waals surface area contributed by atoms with E-state index in [9.17, 15) is 5.11 Å². The number of rotatable bonds is 14. The summed E-state index contributed by atoms with van der Waals surface area (Å²) in [4.78, 5) is 2.24. The van der Waals surface area contributed by atoms with Crippen molar-refractivity contribution in [3.05, 3.63) is 84.6 Å². The molecule has 1 heterocycles. The molecule has 33 heavy (non-hydrogen) atoms. The molecule has 0 fully saturated rings. The van der Waals surface area contributed by atoms with Gasteiger partial charge in [-0.05, 0) is 43.7 Å². The molecule has 0 spiro atoms. The highest BCUT2D eigenvalue weighted by atomic mass is 16.5. The first-order chi connectivity index (χ1) is 16.2. The Morgan fingerprint density at radius 1 is 1.09 bits per heavy atom. The van der Waals surface area contributed by atoms with Crippen LogP contribution in [0.3, 0.4) is 0 Å². The Bertz CT molecular complexity index is 973. The fraction of sp³-hybridized carbons (Fsp3) is 0.370. The van der Waals surface area contributed by atoms with Gasteiger partial charge in [0.2, 0.25) is 5.88 Å². The van der Waals surface area contributed by atoms with Crippen LogP contribution < -0.4 is 4.74 Å². The van der Waals surface area contributed by atoms with Crippen LogP contribution in [0.5, 0.6) is 11.6 Å². The van der Waals surface area contributed by atoms with Crippen molar-refractivity contribution in [1.29, 1.82) is 0 Å². The fourth-order valence-electron chi connectivity index (χ4n) is 3.78. The summed E-state index contributed by atoms with van der Waals surface area (Å²) in [7, 11) is 0. The number of aliphatic hydroxyl groups is 1. The van der Waals surface area contributed by atoms with Gasteiger partial charge in [0.1, 0.15) is 5.75 Å². The van der Waals surface area contributed by atoms with E-state index in [-0.39, 0.29) is 6.61 Å². The van der Waals surface area contributed by atoms with E-state index in [4.69, 9.17) is 14.6 Å². The first-order valence-corrected chi connectivity index (χ1v) is 11.6. The Morgan fingerprint density at radius 3 is 2.42 bits per heavy atom. The molecule has 0 radical (unpaired) electrons. The molecule has 0 unspecified atom stereocenters. The van der Waals surface area contributed by atoms with Crippen molar-refractivity contribution in [2.75, 3.05) is 26.3 Å². The van der Waals surface area contributed by atoms with Gasteiger partial charge in [-0.1, -0.05) is 56.3 Å². The van der Waals surface area contributed by atoms with E-state index in [1.54, 1.807) is 6.08 Å². The third kappa shape index (κ3) is 7.02. The van der Waals surface area contributed by atoms with Crippen LogP contribution in [0.15, 0.2) is 73.3 Å². The van der Waals surface area contributed by atoms with Crippen molar-refractivity contribution in [1.82, 2.24) is 14.7 Å². The van der Waals surface area contributed by atoms with E-state index in [1.807, 2.05) is 65.3 Å². The first-order valence-electron chi connectivity index (χ1n) is 11.6. The smallest absolute Gasteiger partial charge is 0.227 e. The quantitative estimate of drug-likeness (QED) is 0.277. The van der Waals surface area contributed by atoms with Gasteiger partial charge >= 0.3 is 0 Å². The van der Waals surface area contributed by atoms with Gasteiger partial charge in [0.15, 0.2) is 0 Å². The lowest BCUT2D eigenvalue weighted by Crippen LogP contribution is -2.35. The molecule has 0 aliphatic carbocycles. The molecule has 0 saturated heterocycles. The predicted octanol–water partition coefficient (Wildman–Crippen LogP) is 5.00. The Kier molecular flexibility index (Phi) is 9.69. The molecule has 3 rings (SSSR count). The number of aryl methyl sites for hydroxylation is 1. The minimum Gasteiger partial charge on any atom is -0.439 e. The zero-order valence-corrected chi connectivity index (χ0v) is 19.7. The molecule has 0 amide bonds. The number of ether oxygens (including phenoxy) is 2. The summed E-state index contributed by atoms with van der Waals surface area (Å²) in [6.45, 7) is 10.6. The Hall–Kier alpha value is -2.93. The molecule has 3 aromatic rings. The van der Waals surface area contributed by atoms with Crippen molar-refractivity contribution in [2.24, 2.45) is 0 Å². The second kappa shape index (κ2) is 12.9. The molecule has 0 aliphatic rings. The minimum absolute atomic E-state index is 0.281. The Morgan fingerprint density at radius 2 is 1.79 bits per heavy atom. The van der Waals surface area contributed by atoms with E-state index >= 15 is 0 Å². The predicted molar refractivity (Wildman–Crippen MR) is 132 cm³/mol. The monoisotopic (exact) mass is 449 g/mol. The lowest BCUT2D eigenvalue weighted by molar-refractivity contribution is 0.0244. The van der Waals surface area contributed by atoms with Crippen molar-refractivity contribution in [3.8, 4) is 17.3 Å². The SMILES string of the molecule is C=CCOC[C@@H](O)CN(CCC)Cc1c(CC)nn(-c2ccccc2)c1Oc1ccccc1. The lowest BCUT2D eigenvalue weighted by Gasteiger charge is -2.25.